The van der Waals surface area contributed by atoms with E-state index in [0.717, 1.165) is 58.7 Å². The molecule has 0 unspecified atom stereocenters. The molecule has 4 aromatic carbocycles. The van der Waals surface area contributed by atoms with Crippen LogP contribution in [0.4, 0.5) is 0 Å². The number of carbonyl (C=O) groups excluding carboxylic acids is 2. The summed E-state index contributed by atoms with van der Waals surface area (Å²) >= 11 is 0. The number of aromatic nitrogens is 1. The largest absolute Gasteiger partial charge is 0.341 e. The van der Waals surface area contributed by atoms with Gasteiger partial charge in [0.05, 0.1) is 0 Å². The van der Waals surface area contributed by atoms with Crippen LogP contribution in [0.1, 0.15) is 123 Å². The SMILES string of the molecule is CCCCC1(CCCC)c2ccccc2-c2cc(C(=O)c3ccc4c(c3)c3cc(C(=O)CCC(C)C)ccc3n4CC)ccc21. The van der Waals surface area contributed by atoms with Crippen molar-refractivity contribution >= 4 is 33.4 Å². The summed E-state index contributed by atoms with van der Waals surface area (Å²) < 4.78 is 2.28. The van der Waals surface area contributed by atoms with Crippen LogP contribution in [0.25, 0.3) is 32.9 Å². The van der Waals surface area contributed by atoms with Gasteiger partial charge in [-0.15, -0.1) is 0 Å². The molecule has 232 valence electrons. The van der Waals surface area contributed by atoms with E-state index in [4.69, 9.17) is 0 Å². The summed E-state index contributed by atoms with van der Waals surface area (Å²) in [5.74, 6) is 0.714. The number of carbonyl (C=O) groups is 2. The van der Waals surface area contributed by atoms with E-state index in [0.29, 0.717) is 17.9 Å². The van der Waals surface area contributed by atoms with Gasteiger partial charge in [0, 0.05) is 56.9 Å². The second kappa shape index (κ2) is 12.8. The van der Waals surface area contributed by atoms with E-state index in [1.807, 2.05) is 24.3 Å². The molecule has 0 saturated carbocycles. The molecular formula is C42H47NO2. The molecule has 3 heteroatoms. The summed E-state index contributed by atoms with van der Waals surface area (Å²) in [6, 6.07) is 27.5. The molecule has 0 fully saturated rings. The molecule has 0 aliphatic heterocycles. The fourth-order valence-electron chi connectivity index (χ4n) is 7.72. The highest BCUT2D eigenvalue weighted by atomic mass is 16.1. The number of benzene rings is 4. The van der Waals surface area contributed by atoms with E-state index in [1.165, 1.54) is 47.9 Å². The lowest BCUT2D eigenvalue weighted by Crippen LogP contribution is -2.25. The molecule has 1 aromatic heterocycles. The zero-order chi connectivity index (χ0) is 31.7. The number of hydrogen-bond acceptors (Lipinski definition) is 2. The van der Waals surface area contributed by atoms with Gasteiger partial charge in [-0.2, -0.15) is 0 Å². The molecule has 0 amide bonds. The van der Waals surface area contributed by atoms with Crippen molar-refractivity contribution in [1.29, 1.82) is 0 Å². The molecule has 45 heavy (non-hydrogen) atoms. The fourth-order valence-corrected chi connectivity index (χ4v) is 7.72. The molecule has 0 atom stereocenters. The first-order chi connectivity index (χ1) is 21.8. The summed E-state index contributed by atoms with van der Waals surface area (Å²) in [5, 5.41) is 2.07. The predicted octanol–water partition coefficient (Wildman–Crippen LogP) is 11.3. The van der Waals surface area contributed by atoms with E-state index in [1.54, 1.807) is 0 Å². The Balaban J connectivity index is 1.42. The molecule has 6 rings (SSSR count). The van der Waals surface area contributed by atoms with Crippen molar-refractivity contribution in [1.82, 2.24) is 4.57 Å². The highest BCUT2D eigenvalue weighted by molar-refractivity contribution is 6.16. The molecule has 0 N–H and O–H groups in total. The van der Waals surface area contributed by atoms with Gasteiger partial charge in [0.1, 0.15) is 0 Å². The fraction of sp³-hybridized carbons (Fsp3) is 0.381. The Hall–Kier alpha value is -3.98. The average Bonchev–Trinajstić information content (AvgIpc) is 3.53. The Morgan fingerprint density at radius 2 is 1.27 bits per heavy atom. The number of hydrogen-bond donors (Lipinski definition) is 0. The summed E-state index contributed by atoms with van der Waals surface area (Å²) in [4.78, 5) is 27.2. The van der Waals surface area contributed by atoms with Gasteiger partial charge in [-0.25, -0.2) is 0 Å². The van der Waals surface area contributed by atoms with Crippen LogP contribution in [-0.2, 0) is 12.0 Å². The van der Waals surface area contributed by atoms with E-state index in [9.17, 15) is 9.59 Å². The molecule has 1 aliphatic rings. The van der Waals surface area contributed by atoms with Crippen molar-refractivity contribution in [2.24, 2.45) is 5.92 Å². The van der Waals surface area contributed by atoms with Gasteiger partial charge in [-0.3, -0.25) is 9.59 Å². The summed E-state index contributed by atoms with van der Waals surface area (Å²) in [7, 11) is 0. The van der Waals surface area contributed by atoms with Crippen molar-refractivity contribution in [3.63, 3.8) is 0 Å². The Morgan fingerprint density at radius 1 is 0.689 bits per heavy atom. The first kappa shape index (κ1) is 31.0. The van der Waals surface area contributed by atoms with Gasteiger partial charge in [0.25, 0.3) is 0 Å². The van der Waals surface area contributed by atoms with Gasteiger partial charge in [0.15, 0.2) is 11.6 Å². The van der Waals surface area contributed by atoms with E-state index in [2.05, 4.69) is 93.8 Å². The van der Waals surface area contributed by atoms with E-state index in [-0.39, 0.29) is 17.0 Å². The van der Waals surface area contributed by atoms with Crippen LogP contribution < -0.4 is 0 Å². The second-order valence-corrected chi connectivity index (χ2v) is 13.5. The van der Waals surface area contributed by atoms with Crippen LogP contribution in [0, 0.1) is 5.92 Å². The van der Waals surface area contributed by atoms with Crippen LogP contribution in [0.2, 0.25) is 0 Å². The van der Waals surface area contributed by atoms with Crippen LogP contribution in [-0.4, -0.2) is 16.1 Å². The van der Waals surface area contributed by atoms with Gasteiger partial charge in [-0.1, -0.05) is 89.8 Å². The van der Waals surface area contributed by atoms with Crippen molar-refractivity contribution in [3.05, 3.63) is 107 Å². The monoisotopic (exact) mass is 597 g/mol. The van der Waals surface area contributed by atoms with Crippen molar-refractivity contribution < 1.29 is 9.59 Å². The predicted molar refractivity (Wildman–Crippen MR) is 189 cm³/mol. The number of unbranched alkanes of at least 4 members (excludes halogenated alkanes) is 2. The smallest absolute Gasteiger partial charge is 0.193 e. The Kier molecular flexibility index (Phi) is 8.82. The van der Waals surface area contributed by atoms with Crippen molar-refractivity contribution in [2.45, 2.75) is 97.9 Å². The first-order valence-electron chi connectivity index (χ1n) is 17.2. The lowest BCUT2D eigenvalue weighted by Gasteiger charge is -2.32. The molecule has 5 aromatic rings. The van der Waals surface area contributed by atoms with E-state index >= 15 is 0 Å². The average molecular weight is 598 g/mol. The maximum absolute atomic E-state index is 14.2. The minimum Gasteiger partial charge on any atom is -0.341 e. The maximum Gasteiger partial charge on any atom is 0.193 e. The van der Waals surface area contributed by atoms with Gasteiger partial charge < -0.3 is 4.57 Å². The van der Waals surface area contributed by atoms with Crippen molar-refractivity contribution in [2.75, 3.05) is 0 Å². The Bertz CT molecular complexity index is 1880. The van der Waals surface area contributed by atoms with Crippen LogP contribution in [0.5, 0.6) is 0 Å². The third-order valence-electron chi connectivity index (χ3n) is 10.2. The molecule has 0 spiro atoms. The quantitative estimate of drug-likeness (QED) is 0.127. The maximum atomic E-state index is 14.2. The topological polar surface area (TPSA) is 39.1 Å². The van der Waals surface area contributed by atoms with Crippen LogP contribution in [0.15, 0.2) is 78.9 Å². The number of Topliss-reactive ketones (excluding diaryl/α,β-unsaturated/α-hetero) is 1. The second-order valence-electron chi connectivity index (χ2n) is 13.5. The number of rotatable bonds is 13. The zero-order valence-corrected chi connectivity index (χ0v) is 27.7. The molecule has 0 radical (unpaired) electrons. The lowest BCUT2D eigenvalue weighted by atomic mass is 9.71. The molecular weight excluding hydrogens is 550 g/mol. The summed E-state index contributed by atoms with van der Waals surface area (Å²) in [6.07, 6.45) is 8.44. The van der Waals surface area contributed by atoms with Gasteiger partial charge in [0.2, 0.25) is 0 Å². The summed E-state index contributed by atoms with van der Waals surface area (Å²) in [5.41, 5.74) is 9.70. The first-order valence-corrected chi connectivity index (χ1v) is 17.2. The summed E-state index contributed by atoms with van der Waals surface area (Å²) in [6.45, 7) is 11.8. The standard InChI is InChI=1S/C42H47NO2/c1-6-9-23-42(24-10-7-2)36-14-12-11-13-32(36)33-26-30(16-19-37(33)42)41(45)31-18-21-39-35(27-31)34-25-29(40(44)22-15-28(4)5)17-20-38(34)43(39)8-3/h11-14,16-21,25-28H,6-10,15,22-24H2,1-5H3. The normalized spacial score (nSPS) is 13.5. The number of nitrogens with zero attached hydrogens (tertiary/aromatic N) is 1. The molecule has 1 aliphatic carbocycles. The molecule has 3 nitrogen and oxygen atoms in total. The highest BCUT2D eigenvalue weighted by Crippen LogP contribution is 2.54. The van der Waals surface area contributed by atoms with E-state index < -0.39 is 0 Å². The van der Waals surface area contributed by atoms with Gasteiger partial charge >= 0.3 is 0 Å². The highest BCUT2D eigenvalue weighted by Gasteiger charge is 2.42. The molecule has 0 saturated heterocycles. The minimum atomic E-state index is 0.0186. The van der Waals surface area contributed by atoms with Crippen molar-refractivity contribution in [3.8, 4) is 11.1 Å². The molecule has 0 bridgehead atoms. The Morgan fingerprint density at radius 3 is 1.91 bits per heavy atom. The van der Waals surface area contributed by atoms with Gasteiger partial charge in [-0.05, 0) is 96.8 Å². The minimum absolute atomic E-state index is 0.0186. The third kappa shape index (κ3) is 5.45. The third-order valence-corrected chi connectivity index (χ3v) is 10.2. The molecule has 1 heterocycles. The van der Waals surface area contributed by atoms with Crippen LogP contribution in [0.3, 0.4) is 0 Å². The number of ketones is 2. The Labute approximate surface area is 268 Å². The van der Waals surface area contributed by atoms with Crippen LogP contribution >= 0.6 is 0 Å². The zero-order valence-electron chi connectivity index (χ0n) is 27.7. The lowest BCUT2D eigenvalue weighted by molar-refractivity contribution is 0.0974. The number of aryl methyl sites for hydroxylation is 1. The number of fused-ring (bicyclic) bond motifs is 6.